The molecule has 0 amide bonds. The van der Waals surface area contributed by atoms with E-state index in [1.165, 1.54) is 0 Å². The van der Waals surface area contributed by atoms with Crippen molar-refractivity contribution in [3.8, 4) is 0 Å². The Labute approximate surface area is 114 Å². The number of hydrogen-bond acceptors (Lipinski definition) is 6. The van der Waals surface area contributed by atoms with Gasteiger partial charge in [0.1, 0.15) is 0 Å². The van der Waals surface area contributed by atoms with Crippen molar-refractivity contribution in [2.24, 2.45) is 0 Å². The number of aliphatic hydroxyl groups excluding tert-OH is 1. The molecule has 2 heterocycles. The summed E-state index contributed by atoms with van der Waals surface area (Å²) in [5, 5.41) is 13.0. The van der Waals surface area contributed by atoms with Gasteiger partial charge in [-0.3, -0.25) is 9.80 Å². The zero-order valence-electron chi connectivity index (χ0n) is 11.7. The predicted octanol–water partition coefficient (Wildman–Crippen LogP) is 0.522. The summed E-state index contributed by atoms with van der Waals surface area (Å²) in [7, 11) is 0. The number of aryl methyl sites for hydroxylation is 1. The molecule has 19 heavy (non-hydrogen) atoms. The van der Waals surface area contributed by atoms with E-state index in [1.54, 1.807) is 0 Å². The van der Waals surface area contributed by atoms with Crippen molar-refractivity contribution in [1.82, 2.24) is 19.9 Å². The molecule has 0 unspecified atom stereocenters. The van der Waals surface area contributed by atoms with Crippen molar-refractivity contribution in [3.05, 3.63) is 11.7 Å². The molecule has 2 rings (SSSR count). The molecule has 6 heteroatoms. The van der Waals surface area contributed by atoms with Gasteiger partial charge in [-0.15, -0.1) is 0 Å². The molecule has 1 aromatic rings. The van der Waals surface area contributed by atoms with E-state index in [9.17, 15) is 0 Å². The van der Waals surface area contributed by atoms with Gasteiger partial charge < -0.3 is 9.63 Å². The maximum absolute atomic E-state index is 8.98. The van der Waals surface area contributed by atoms with Crippen molar-refractivity contribution in [3.63, 3.8) is 0 Å². The van der Waals surface area contributed by atoms with E-state index in [4.69, 9.17) is 9.63 Å². The molecule has 1 aliphatic heterocycles. The molecule has 108 valence electrons. The number of nitrogens with zero attached hydrogens (tertiary/aromatic N) is 4. The third-order valence-corrected chi connectivity index (χ3v) is 3.44. The van der Waals surface area contributed by atoms with Gasteiger partial charge in [0, 0.05) is 26.1 Å². The predicted molar refractivity (Wildman–Crippen MR) is 71.7 cm³/mol. The van der Waals surface area contributed by atoms with Crippen LogP contribution in [0, 0.1) is 0 Å². The Balaban J connectivity index is 1.81. The number of hydrogen-bond donors (Lipinski definition) is 1. The lowest BCUT2D eigenvalue weighted by molar-refractivity contribution is 0.195. The van der Waals surface area contributed by atoms with Crippen LogP contribution in [0.1, 0.15) is 31.5 Å². The summed E-state index contributed by atoms with van der Waals surface area (Å²) in [5.74, 6) is 1.54. The first-order valence-corrected chi connectivity index (χ1v) is 7.19. The summed E-state index contributed by atoms with van der Waals surface area (Å²) in [5.41, 5.74) is 0. The summed E-state index contributed by atoms with van der Waals surface area (Å²) in [4.78, 5) is 9.07. The molecule has 0 radical (unpaired) electrons. The molecule has 0 aromatic carbocycles. The van der Waals surface area contributed by atoms with Crippen LogP contribution in [0.15, 0.2) is 4.52 Å². The van der Waals surface area contributed by atoms with Gasteiger partial charge in [-0.2, -0.15) is 4.98 Å². The van der Waals surface area contributed by atoms with Crippen LogP contribution in [0.25, 0.3) is 0 Å². The monoisotopic (exact) mass is 268 g/mol. The molecule has 1 aliphatic rings. The Morgan fingerprint density at radius 1 is 1.21 bits per heavy atom. The molecule has 6 nitrogen and oxygen atoms in total. The van der Waals surface area contributed by atoms with E-state index in [0.717, 1.165) is 70.2 Å². The number of aromatic nitrogens is 2. The summed E-state index contributed by atoms with van der Waals surface area (Å²) in [6.45, 7) is 8.00. The van der Waals surface area contributed by atoms with Gasteiger partial charge in [-0.1, -0.05) is 12.1 Å². The highest BCUT2D eigenvalue weighted by atomic mass is 16.5. The lowest BCUT2D eigenvalue weighted by Crippen LogP contribution is -2.32. The van der Waals surface area contributed by atoms with Crippen LogP contribution in [0.2, 0.25) is 0 Å². The van der Waals surface area contributed by atoms with Gasteiger partial charge in [0.15, 0.2) is 5.82 Å². The van der Waals surface area contributed by atoms with Gasteiger partial charge in [0.25, 0.3) is 0 Å². The minimum Gasteiger partial charge on any atom is -0.395 e. The highest BCUT2D eigenvalue weighted by Gasteiger charge is 2.16. The Morgan fingerprint density at radius 2 is 2.00 bits per heavy atom. The minimum atomic E-state index is 0.241. The van der Waals surface area contributed by atoms with Crippen LogP contribution >= 0.6 is 0 Å². The summed E-state index contributed by atoms with van der Waals surface area (Å²) in [6.07, 6.45) is 3.01. The maximum Gasteiger partial charge on any atom is 0.226 e. The molecule has 0 bridgehead atoms. The fraction of sp³-hybridized carbons (Fsp3) is 0.846. The van der Waals surface area contributed by atoms with Crippen LogP contribution in [0.3, 0.4) is 0 Å². The Hall–Kier alpha value is -0.980. The van der Waals surface area contributed by atoms with E-state index >= 15 is 0 Å². The van der Waals surface area contributed by atoms with Crippen LogP contribution < -0.4 is 0 Å². The van der Waals surface area contributed by atoms with Crippen LogP contribution in [-0.4, -0.2) is 64.4 Å². The quantitative estimate of drug-likeness (QED) is 0.811. The van der Waals surface area contributed by atoms with Gasteiger partial charge in [-0.25, -0.2) is 0 Å². The van der Waals surface area contributed by atoms with Gasteiger partial charge in [0.2, 0.25) is 5.89 Å². The number of aliphatic hydroxyl groups is 1. The molecular formula is C13H24N4O2. The SMILES string of the molecule is CCCc1nc(CN2CCCN(CCO)CC2)no1. The van der Waals surface area contributed by atoms with Crippen molar-refractivity contribution in [1.29, 1.82) is 0 Å². The summed E-state index contributed by atoms with van der Waals surface area (Å²) in [6, 6.07) is 0. The van der Waals surface area contributed by atoms with E-state index in [2.05, 4.69) is 26.9 Å². The minimum absolute atomic E-state index is 0.241. The van der Waals surface area contributed by atoms with E-state index in [1.807, 2.05) is 0 Å². The van der Waals surface area contributed by atoms with E-state index < -0.39 is 0 Å². The van der Waals surface area contributed by atoms with Gasteiger partial charge in [-0.05, 0) is 25.9 Å². The lowest BCUT2D eigenvalue weighted by Gasteiger charge is -2.19. The van der Waals surface area contributed by atoms with E-state index in [0.29, 0.717) is 0 Å². The zero-order valence-corrected chi connectivity index (χ0v) is 11.7. The molecule has 1 fully saturated rings. The molecular weight excluding hydrogens is 244 g/mol. The third-order valence-electron chi connectivity index (χ3n) is 3.44. The smallest absolute Gasteiger partial charge is 0.226 e. The molecule has 1 N–H and O–H groups in total. The first-order chi connectivity index (χ1) is 9.31. The van der Waals surface area contributed by atoms with Crippen LogP contribution in [-0.2, 0) is 13.0 Å². The highest BCUT2D eigenvalue weighted by molar-refractivity contribution is 4.87. The summed E-state index contributed by atoms with van der Waals surface area (Å²) < 4.78 is 5.21. The number of β-amino-alcohol motifs (C(OH)–C–C–N with tert-alkyl or cyclic N) is 1. The Morgan fingerprint density at radius 3 is 2.79 bits per heavy atom. The van der Waals surface area contributed by atoms with Crippen molar-refractivity contribution < 1.29 is 9.63 Å². The molecule has 0 aliphatic carbocycles. The fourth-order valence-corrected chi connectivity index (χ4v) is 2.42. The topological polar surface area (TPSA) is 65.6 Å². The molecule has 0 saturated carbocycles. The van der Waals surface area contributed by atoms with Crippen LogP contribution in [0.4, 0.5) is 0 Å². The second-order valence-corrected chi connectivity index (χ2v) is 5.05. The molecule has 0 atom stereocenters. The Bertz CT molecular complexity index is 369. The lowest BCUT2D eigenvalue weighted by atomic mass is 10.3. The summed E-state index contributed by atoms with van der Waals surface area (Å²) >= 11 is 0. The first kappa shape index (κ1) is 14.4. The van der Waals surface area contributed by atoms with E-state index in [-0.39, 0.29) is 6.61 Å². The van der Waals surface area contributed by atoms with Crippen molar-refractivity contribution >= 4 is 0 Å². The normalized spacial score (nSPS) is 18.6. The molecule has 1 aromatic heterocycles. The Kier molecular flexibility index (Phi) is 5.75. The molecule has 1 saturated heterocycles. The fourth-order valence-electron chi connectivity index (χ4n) is 2.42. The number of rotatable bonds is 6. The zero-order chi connectivity index (χ0) is 13.5. The second-order valence-electron chi connectivity index (χ2n) is 5.05. The highest BCUT2D eigenvalue weighted by Crippen LogP contribution is 2.08. The standard InChI is InChI=1S/C13H24N4O2/c1-2-4-13-14-12(15-19-13)11-17-6-3-5-16(7-8-17)9-10-18/h18H,2-11H2,1H3. The van der Waals surface area contributed by atoms with Crippen LogP contribution in [0.5, 0.6) is 0 Å². The molecule has 0 spiro atoms. The second kappa shape index (κ2) is 7.57. The largest absolute Gasteiger partial charge is 0.395 e. The van der Waals surface area contributed by atoms with Gasteiger partial charge >= 0.3 is 0 Å². The third kappa shape index (κ3) is 4.56. The average Bonchev–Trinajstić information content (AvgIpc) is 2.71. The average molecular weight is 268 g/mol. The maximum atomic E-state index is 8.98. The van der Waals surface area contributed by atoms with Crippen molar-refractivity contribution in [2.45, 2.75) is 32.7 Å². The van der Waals surface area contributed by atoms with Gasteiger partial charge in [0.05, 0.1) is 13.2 Å². The van der Waals surface area contributed by atoms with Crippen molar-refractivity contribution in [2.75, 3.05) is 39.3 Å². The first-order valence-electron chi connectivity index (χ1n) is 7.19.